The Labute approximate surface area is 136 Å². The molecule has 0 unspecified atom stereocenters. The second-order valence-electron chi connectivity index (χ2n) is 5.63. The number of hydrogen-bond acceptors (Lipinski definition) is 2. The summed E-state index contributed by atoms with van der Waals surface area (Å²) < 4.78 is 5.36. The van der Waals surface area contributed by atoms with Gasteiger partial charge in [-0.3, -0.25) is 4.79 Å². The van der Waals surface area contributed by atoms with Gasteiger partial charge in [-0.05, 0) is 37.6 Å². The van der Waals surface area contributed by atoms with Gasteiger partial charge in [0, 0.05) is 17.1 Å². The van der Waals surface area contributed by atoms with Crippen LogP contribution >= 0.6 is 11.6 Å². The number of carbonyl (C=O) groups is 1. The fourth-order valence-corrected chi connectivity index (χ4v) is 2.41. The number of benzene rings is 2. The molecule has 2 aromatic carbocycles. The number of nitrogens with one attached hydrogen (secondary N) is 1. The van der Waals surface area contributed by atoms with Crippen LogP contribution in [0.1, 0.15) is 25.0 Å². The van der Waals surface area contributed by atoms with Crippen LogP contribution in [0.2, 0.25) is 5.02 Å². The lowest BCUT2D eigenvalue weighted by Crippen LogP contribution is -2.39. The molecule has 2 aromatic rings. The molecule has 1 amide bonds. The molecule has 4 heteroatoms. The number of hydrogen-bond donors (Lipinski definition) is 1. The SMILES string of the molecule is COc1ccccc1C(C)(C)C(=O)NCc1ccc(Cl)cc1. The largest absolute Gasteiger partial charge is 0.496 e. The minimum Gasteiger partial charge on any atom is -0.496 e. The Morgan fingerprint density at radius 2 is 1.77 bits per heavy atom. The average molecular weight is 318 g/mol. The molecule has 0 aliphatic rings. The number of carbonyl (C=O) groups excluding carboxylic acids is 1. The van der Waals surface area contributed by atoms with Crippen LogP contribution in [0, 0.1) is 0 Å². The van der Waals surface area contributed by atoms with Gasteiger partial charge in [-0.1, -0.05) is 41.9 Å². The predicted molar refractivity (Wildman–Crippen MR) is 89.3 cm³/mol. The lowest BCUT2D eigenvalue weighted by atomic mass is 9.83. The van der Waals surface area contributed by atoms with Crippen LogP contribution in [0.25, 0.3) is 0 Å². The van der Waals surface area contributed by atoms with E-state index in [0.717, 1.165) is 11.1 Å². The Kier molecular flexibility index (Phi) is 5.09. The third-order valence-corrected chi connectivity index (χ3v) is 3.97. The molecule has 0 fully saturated rings. The summed E-state index contributed by atoms with van der Waals surface area (Å²) in [6, 6.07) is 15.0. The zero-order valence-electron chi connectivity index (χ0n) is 13.0. The monoisotopic (exact) mass is 317 g/mol. The van der Waals surface area contributed by atoms with E-state index in [1.165, 1.54) is 0 Å². The molecule has 0 aliphatic carbocycles. The molecule has 0 heterocycles. The van der Waals surface area contributed by atoms with Gasteiger partial charge in [0.05, 0.1) is 12.5 Å². The van der Waals surface area contributed by atoms with Gasteiger partial charge in [0.2, 0.25) is 5.91 Å². The Bertz CT molecular complexity index is 650. The minimum absolute atomic E-state index is 0.0491. The van der Waals surface area contributed by atoms with E-state index in [2.05, 4.69) is 5.32 Å². The zero-order valence-corrected chi connectivity index (χ0v) is 13.8. The molecule has 116 valence electrons. The first-order valence-electron chi connectivity index (χ1n) is 7.11. The predicted octanol–water partition coefficient (Wildman–Crippen LogP) is 3.94. The molecule has 0 aromatic heterocycles. The summed E-state index contributed by atoms with van der Waals surface area (Å²) in [5.41, 5.74) is 1.19. The molecule has 0 saturated heterocycles. The van der Waals surface area contributed by atoms with Crippen molar-refractivity contribution in [1.82, 2.24) is 5.32 Å². The second-order valence-corrected chi connectivity index (χ2v) is 6.07. The molecule has 0 aliphatic heterocycles. The van der Waals surface area contributed by atoms with Crippen LogP contribution in [-0.2, 0) is 16.8 Å². The van der Waals surface area contributed by atoms with E-state index < -0.39 is 5.41 Å². The smallest absolute Gasteiger partial charge is 0.230 e. The summed E-state index contributed by atoms with van der Waals surface area (Å²) >= 11 is 5.86. The molecule has 1 N–H and O–H groups in total. The normalized spacial score (nSPS) is 11.1. The lowest BCUT2D eigenvalue weighted by molar-refractivity contribution is -0.125. The number of halogens is 1. The second kappa shape index (κ2) is 6.84. The lowest BCUT2D eigenvalue weighted by Gasteiger charge is -2.26. The highest BCUT2D eigenvalue weighted by molar-refractivity contribution is 6.30. The van der Waals surface area contributed by atoms with Crippen LogP contribution in [0.3, 0.4) is 0 Å². The van der Waals surface area contributed by atoms with E-state index in [0.29, 0.717) is 17.3 Å². The zero-order chi connectivity index (χ0) is 16.2. The molecular weight excluding hydrogens is 298 g/mol. The van der Waals surface area contributed by atoms with Crippen molar-refractivity contribution in [2.45, 2.75) is 25.8 Å². The molecule has 0 atom stereocenters. The summed E-state index contributed by atoms with van der Waals surface area (Å²) in [4.78, 5) is 12.6. The number of methoxy groups -OCH3 is 1. The number of ether oxygens (including phenoxy) is 1. The first kappa shape index (κ1) is 16.4. The van der Waals surface area contributed by atoms with Crippen LogP contribution in [0.5, 0.6) is 5.75 Å². The standard InChI is InChI=1S/C18H20ClNO2/c1-18(2,15-6-4-5-7-16(15)22-3)17(21)20-12-13-8-10-14(19)11-9-13/h4-11H,12H2,1-3H3,(H,20,21). The first-order chi connectivity index (χ1) is 10.4. The summed E-state index contributed by atoms with van der Waals surface area (Å²) in [5.74, 6) is 0.668. The third-order valence-electron chi connectivity index (χ3n) is 3.71. The van der Waals surface area contributed by atoms with Crippen molar-refractivity contribution in [3.8, 4) is 5.75 Å². The van der Waals surface area contributed by atoms with Crippen LogP contribution in [0.4, 0.5) is 0 Å². The van der Waals surface area contributed by atoms with E-state index in [-0.39, 0.29) is 5.91 Å². The molecular formula is C18H20ClNO2. The van der Waals surface area contributed by atoms with Gasteiger partial charge in [-0.15, -0.1) is 0 Å². The minimum atomic E-state index is -0.682. The van der Waals surface area contributed by atoms with Gasteiger partial charge < -0.3 is 10.1 Å². The van der Waals surface area contributed by atoms with Gasteiger partial charge in [0.25, 0.3) is 0 Å². The topological polar surface area (TPSA) is 38.3 Å². The molecule has 0 saturated carbocycles. The number of para-hydroxylation sites is 1. The Morgan fingerprint density at radius 1 is 1.14 bits per heavy atom. The fraction of sp³-hybridized carbons (Fsp3) is 0.278. The molecule has 22 heavy (non-hydrogen) atoms. The van der Waals surface area contributed by atoms with Gasteiger partial charge in [-0.25, -0.2) is 0 Å². The molecule has 3 nitrogen and oxygen atoms in total. The van der Waals surface area contributed by atoms with E-state index in [1.807, 2.05) is 62.4 Å². The van der Waals surface area contributed by atoms with Crippen LogP contribution in [-0.4, -0.2) is 13.0 Å². The summed E-state index contributed by atoms with van der Waals surface area (Å²) in [6.07, 6.45) is 0. The fourth-order valence-electron chi connectivity index (χ4n) is 2.29. The molecule has 0 radical (unpaired) electrons. The third kappa shape index (κ3) is 3.60. The van der Waals surface area contributed by atoms with E-state index in [9.17, 15) is 4.79 Å². The van der Waals surface area contributed by atoms with Crippen molar-refractivity contribution in [1.29, 1.82) is 0 Å². The van der Waals surface area contributed by atoms with E-state index in [4.69, 9.17) is 16.3 Å². The number of rotatable bonds is 5. The van der Waals surface area contributed by atoms with Crippen molar-refractivity contribution in [3.63, 3.8) is 0 Å². The van der Waals surface area contributed by atoms with Crippen molar-refractivity contribution in [3.05, 3.63) is 64.7 Å². The van der Waals surface area contributed by atoms with Crippen LogP contribution < -0.4 is 10.1 Å². The molecule has 0 bridgehead atoms. The van der Waals surface area contributed by atoms with E-state index in [1.54, 1.807) is 7.11 Å². The highest BCUT2D eigenvalue weighted by Crippen LogP contribution is 2.31. The van der Waals surface area contributed by atoms with Crippen LogP contribution in [0.15, 0.2) is 48.5 Å². The van der Waals surface area contributed by atoms with Gasteiger partial charge in [0.15, 0.2) is 0 Å². The highest BCUT2D eigenvalue weighted by atomic mass is 35.5. The first-order valence-corrected chi connectivity index (χ1v) is 7.49. The maximum absolute atomic E-state index is 12.6. The number of amides is 1. The maximum Gasteiger partial charge on any atom is 0.230 e. The van der Waals surface area contributed by atoms with Gasteiger partial charge >= 0.3 is 0 Å². The Balaban J connectivity index is 2.11. The van der Waals surface area contributed by atoms with Crippen molar-refractivity contribution >= 4 is 17.5 Å². The molecule has 0 spiro atoms. The van der Waals surface area contributed by atoms with Gasteiger partial charge in [-0.2, -0.15) is 0 Å². The summed E-state index contributed by atoms with van der Waals surface area (Å²) in [7, 11) is 1.61. The molecule has 2 rings (SSSR count). The van der Waals surface area contributed by atoms with Gasteiger partial charge in [0.1, 0.15) is 5.75 Å². The summed E-state index contributed by atoms with van der Waals surface area (Å²) in [5, 5.41) is 3.66. The van der Waals surface area contributed by atoms with E-state index >= 15 is 0 Å². The highest BCUT2D eigenvalue weighted by Gasteiger charge is 2.32. The quantitative estimate of drug-likeness (QED) is 0.907. The van der Waals surface area contributed by atoms with Crippen molar-refractivity contribution in [2.75, 3.05) is 7.11 Å². The van der Waals surface area contributed by atoms with Crippen molar-refractivity contribution in [2.24, 2.45) is 0 Å². The Morgan fingerprint density at radius 3 is 2.41 bits per heavy atom. The van der Waals surface area contributed by atoms with Crippen molar-refractivity contribution < 1.29 is 9.53 Å². The summed E-state index contributed by atoms with van der Waals surface area (Å²) in [6.45, 7) is 4.25. The maximum atomic E-state index is 12.6. The Hall–Kier alpha value is -2.00. The average Bonchev–Trinajstić information content (AvgIpc) is 2.53.